The van der Waals surface area contributed by atoms with E-state index in [1.165, 1.54) is 32.1 Å². The fourth-order valence-electron chi connectivity index (χ4n) is 3.14. The summed E-state index contributed by atoms with van der Waals surface area (Å²) in [6.45, 7) is 7.05. The summed E-state index contributed by atoms with van der Waals surface area (Å²) in [5.41, 5.74) is 1.00. The van der Waals surface area contributed by atoms with E-state index in [0.717, 1.165) is 37.0 Å². The van der Waals surface area contributed by atoms with Crippen LogP contribution in [-0.2, 0) is 13.1 Å². The smallest absolute Gasteiger partial charge is 0.151 e. The van der Waals surface area contributed by atoms with Crippen molar-refractivity contribution >= 4 is 0 Å². The number of aromatic nitrogens is 1. The van der Waals surface area contributed by atoms with E-state index in [1.54, 1.807) is 0 Å². The van der Waals surface area contributed by atoms with Gasteiger partial charge in [0.25, 0.3) is 0 Å². The fourth-order valence-corrected chi connectivity index (χ4v) is 3.14. The standard InChI is InChI=1S/C16H29N3O/c1-4-13-6-8-15(9-7-13)19(3)12-16-10-14(18-20-16)11-17-5-2/h10,13,15,17H,4-9,11-12H2,1-3H3. The van der Waals surface area contributed by atoms with Crippen LogP contribution in [0.5, 0.6) is 0 Å². The summed E-state index contributed by atoms with van der Waals surface area (Å²) in [6, 6.07) is 2.79. The number of rotatable bonds is 7. The zero-order valence-corrected chi connectivity index (χ0v) is 13.2. The van der Waals surface area contributed by atoms with Gasteiger partial charge in [-0.1, -0.05) is 25.4 Å². The molecular weight excluding hydrogens is 250 g/mol. The second kappa shape index (κ2) is 7.79. The molecule has 0 atom stereocenters. The quantitative estimate of drug-likeness (QED) is 0.832. The molecule has 0 unspecified atom stereocenters. The van der Waals surface area contributed by atoms with Crippen LogP contribution in [0.4, 0.5) is 0 Å². The first-order valence-corrected chi connectivity index (χ1v) is 8.08. The van der Waals surface area contributed by atoms with Crippen LogP contribution in [0.1, 0.15) is 57.4 Å². The van der Waals surface area contributed by atoms with E-state index >= 15 is 0 Å². The van der Waals surface area contributed by atoms with Gasteiger partial charge < -0.3 is 9.84 Å². The maximum absolute atomic E-state index is 5.43. The van der Waals surface area contributed by atoms with Crippen LogP contribution in [0.15, 0.2) is 10.6 Å². The summed E-state index contributed by atoms with van der Waals surface area (Å²) in [6.07, 6.45) is 6.76. The van der Waals surface area contributed by atoms with Crippen molar-refractivity contribution in [3.63, 3.8) is 0 Å². The van der Waals surface area contributed by atoms with Crippen molar-refractivity contribution in [1.82, 2.24) is 15.4 Å². The lowest BCUT2D eigenvalue weighted by Crippen LogP contribution is -2.34. The van der Waals surface area contributed by atoms with E-state index < -0.39 is 0 Å². The van der Waals surface area contributed by atoms with E-state index in [2.05, 4.69) is 42.3 Å². The molecule has 0 aromatic carbocycles. The average Bonchev–Trinajstić information content (AvgIpc) is 2.92. The van der Waals surface area contributed by atoms with Crippen LogP contribution in [0.2, 0.25) is 0 Å². The second-order valence-electron chi connectivity index (χ2n) is 6.06. The molecule has 1 fully saturated rings. The van der Waals surface area contributed by atoms with Crippen molar-refractivity contribution in [2.75, 3.05) is 13.6 Å². The topological polar surface area (TPSA) is 41.3 Å². The Labute approximate surface area is 122 Å². The van der Waals surface area contributed by atoms with Gasteiger partial charge in [0, 0.05) is 18.7 Å². The first-order valence-electron chi connectivity index (χ1n) is 8.08. The molecule has 1 aromatic rings. The van der Waals surface area contributed by atoms with Gasteiger partial charge in [-0.15, -0.1) is 0 Å². The molecule has 0 bridgehead atoms. The third kappa shape index (κ3) is 4.32. The molecule has 4 nitrogen and oxygen atoms in total. The largest absolute Gasteiger partial charge is 0.360 e. The fraction of sp³-hybridized carbons (Fsp3) is 0.812. The molecule has 1 heterocycles. The van der Waals surface area contributed by atoms with Crippen molar-refractivity contribution in [1.29, 1.82) is 0 Å². The van der Waals surface area contributed by atoms with E-state index in [1.807, 2.05) is 0 Å². The van der Waals surface area contributed by atoms with Gasteiger partial charge in [-0.2, -0.15) is 0 Å². The molecule has 1 N–H and O–H groups in total. The zero-order chi connectivity index (χ0) is 14.4. The molecule has 1 aliphatic rings. The molecule has 0 spiro atoms. The highest BCUT2D eigenvalue weighted by Gasteiger charge is 2.23. The molecule has 114 valence electrons. The normalized spacial score (nSPS) is 23.4. The van der Waals surface area contributed by atoms with Crippen LogP contribution in [0.3, 0.4) is 0 Å². The summed E-state index contributed by atoms with van der Waals surface area (Å²) in [5, 5.41) is 7.38. The van der Waals surface area contributed by atoms with Gasteiger partial charge >= 0.3 is 0 Å². The maximum atomic E-state index is 5.43. The highest BCUT2D eigenvalue weighted by atomic mass is 16.5. The lowest BCUT2D eigenvalue weighted by molar-refractivity contribution is 0.145. The Bertz CT molecular complexity index is 383. The number of hydrogen-bond acceptors (Lipinski definition) is 4. The van der Waals surface area contributed by atoms with Crippen molar-refractivity contribution in [3.05, 3.63) is 17.5 Å². The van der Waals surface area contributed by atoms with Crippen molar-refractivity contribution in [2.45, 2.75) is 65.1 Å². The first-order chi connectivity index (χ1) is 9.72. The van der Waals surface area contributed by atoms with E-state index in [4.69, 9.17) is 4.52 Å². The van der Waals surface area contributed by atoms with Gasteiger partial charge in [-0.3, -0.25) is 4.90 Å². The lowest BCUT2D eigenvalue weighted by Gasteiger charge is -2.33. The summed E-state index contributed by atoms with van der Waals surface area (Å²) >= 11 is 0. The Morgan fingerprint density at radius 1 is 1.30 bits per heavy atom. The molecule has 0 saturated heterocycles. The van der Waals surface area contributed by atoms with Gasteiger partial charge in [0.1, 0.15) is 0 Å². The maximum Gasteiger partial charge on any atom is 0.151 e. The van der Waals surface area contributed by atoms with E-state index in [0.29, 0.717) is 6.04 Å². The summed E-state index contributed by atoms with van der Waals surface area (Å²) < 4.78 is 5.43. The van der Waals surface area contributed by atoms with Crippen LogP contribution in [0, 0.1) is 5.92 Å². The van der Waals surface area contributed by atoms with Gasteiger partial charge in [-0.05, 0) is 45.2 Å². The Balaban J connectivity index is 1.79. The molecule has 0 amide bonds. The molecule has 1 saturated carbocycles. The summed E-state index contributed by atoms with van der Waals surface area (Å²) in [4.78, 5) is 2.43. The third-order valence-electron chi connectivity index (χ3n) is 4.59. The predicted molar refractivity (Wildman–Crippen MR) is 81.4 cm³/mol. The molecule has 1 aliphatic carbocycles. The van der Waals surface area contributed by atoms with Crippen LogP contribution < -0.4 is 5.32 Å². The summed E-state index contributed by atoms with van der Waals surface area (Å²) in [5.74, 6) is 1.94. The minimum atomic E-state index is 0.708. The van der Waals surface area contributed by atoms with Crippen LogP contribution in [0.25, 0.3) is 0 Å². The number of hydrogen-bond donors (Lipinski definition) is 1. The zero-order valence-electron chi connectivity index (χ0n) is 13.2. The molecule has 1 aromatic heterocycles. The minimum Gasteiger partial charge on any atom is -0.360 e. The Morgan fingerprint density at radius 3 is 2.70 bits per heavy atom. The van der Waals surface area contributed by atoms with Crippen LogP contribution in [-0.4, -0.2) is 29.7 Å². The van der Waals surface area contributed by atoms with Gasteiger partial charge in [-0.25, -0.2) is 0 Å². The molecule has 2 rings (SSSR count). The molecule has 4 heteroatoms. The second-order valence-corrected chi connectivity index (χ2v) is 6.06. The van der Waals surface area contributed by atoms with Gasteiger partial charge in [0.05, 0.1) is 12.2 Å². The minimum absolute atomic E-state index is 0.708. The molecule has 0 aliphatic heterocycles. The monoisotopic (exact) mass is 279 g/mol. The highest BCUT2D eigenvalue weighted by molar-refractivity contribution is 5.05. The Hall–Kier alpha value is -0.870. The number of nitrogens with zero attached hydrogens (tertiary/aromatic N) is 2. The SMILES string of the molecule is CCNCc1cc(CN(C)C2CCC(CC)CC2)on1. The molecular formula is C16H29N3O. The van der Waals surface area contributed by atoms with Crippen molar-refractivity contribution < 1.29 is 4.52 Å². The summed E-state index contributed by atoms with van der Waals surface area (Å²) in [7, 11) is 2.21. The number of nitrogens with one attached hydrogen (secondary N) is 1. The molecule has 0 radical (unpaired) electrons. The van der Waals surface area contributed by atoms with Gasteiger partial charge in [0.15, 0.2) is 5.76 Å². The highest BCUT2D eigenvalue weighted by Crippen LogP contribution is 2.29. The van der Waals surface area contributed by atoms with E-state index in [9.17, 15) is 0 Å². The predicted octanol–water partition coefficient (Wildman–Crippen LogP) is 3.18. The first kappa shape index (κ1) is 15.5. The van der Waals surface area contributed by atoms with E-state index in [-0.39, 0.29) is 0 Å². The van der Waals surface area contributed by atoms with Crippen molar-refractivity contribution in [3.8, 4) is 0 Å². The third-order valence-corrected chi connectivity index (χ3v) is 4.59. The Kier molecular flexibility index (Phi) is 6.05. The molecule has 20 heavy (non-hydrogen) atoms. The van der Waals surface area contributed by atoms with Crippen LogP contribution >= 0.6 is 0 Å². The Morgan fingerprint density at radius 2 is 2.05 bits per heavy atom. The average molecular weight is 279 g/mol. The lowest BCUT2D eigenvalue weighted by atomic mass is 9.84. The van der Waals surface area contributed by atoms with Gasteiger partial charge in [0.2, 0.25) is 0 Å². The van der Waals surface area contributed by atoms with Crippen molar-refractivity contribution in [2.24, 2.45) is 5.92 Å².